The first-order valence-corrected chi connectivity index (χ1v) is 6.21. The van der Waals surface area contributed by atoms with E-state index in [-0.39, 0.29) is 5.15 Å². The van der Waals surface area contributed by atoms with Gasteiger partial charge in [-0.3, -0.25) is 0 Å². The van der Waals surface area contributed by atoms with Crippen LogP contribution in [0.1, 0.15) is 11.1 Å². The van der Waals surface area contributed by atoms with E-state index in [1.807, 2.05) is 6.07 Å². The number of aromatic nitrogens is 1. The number of nitrogens with zero attached hydrogens (tertiary/aromatic N) is 2. The molecular formula is C14H10ClF2N3. The molecule has 0 fully saturated rings. The Balaban J connectivity index is 1.99. The molecule has 0 amide bonds. The standard InChI is InChI=1S/C14H10ClF2N3/c15-13-5-10(8-18)6-14(20-13)19-2-1-9-3-11(16)7-12(17)4-9/h3-7H,1-2H2,(H,19,20). The van der Waals surface area contributed by atoms with Gasteiger partial charge in [0.2, 0.25) is 0 Å². The minimum Gasteiger partial charge on any atom is -0.370 e. The second-order valence-corrected chi connectivity index (χ2v) is 4.52. The van der Waals surface area contributed by atoms with E-state index in [0.29, 0.717) is 29.9 Å². The maximum atomic E-state index is 13.0. The van der Waals surface area contributed by atoms with Crippen LogP contribution < -0.4 is 5.32 Å². The highest BCUT2D eigenvalue weighted by Crippen LogP contribution is 2.14. The van der Waals surface area contributed by atoms with Crippen molar-refractivity contribution >= 4 is 17.4 Å². The van der Waals surface area contributed by atoms with Gasteiger partial charge in [-0.15, -0.1) is 0 Å². The van der Waals surface area contributed by atoms with Crippen molar-refractivity contribution in [1.29, 1.82) is 5.26 Å². The zero-order chi connectivity index (χ0) is 14.5. The lowest BCUT2D eigenvalue weighted by molar-refractivity contribution is 0.580. The third kappa shape index (κ3) is 3.90. The van der Waals surface area contributed by atoms with Gasteiger partial charge in [-0.1, -0.05) is 11.6 Å². The molecule has 0 saturated heterocycles. The topological polar surface area (TPSA) is 48.7 Å². The first-order chi connectivity index (χ1) is 9.56. The predicted octanol–water partition coefficient (Wildman–Crippen LogP) is 3.54. The number of nitriles is 1. The van der Waals surface area contributed by atoms with Crippen molar-refractivity contribution in [2.45, 2.75) is 6.42 Å². The average molecular weight is 294 g/mol. The smallest absolute Gasteiger partial charge is 0.132 e. The van der Waals surface area contributed by atoms with Crippen LogP contribution in [0.2, 0.25) is 5.15 Å². The summed E-state index contributed by atoms with van der Waals surface area (Å²) >= 11 is 5.76. The van der Waals surface area contributed by atoms with Crippen LogP contribution in [-0.2, 0) is 6.42 Å². The minimum atomic E-state index is -0.604. The molecule has 0 bridgehead atoms. The third-order valence-corrected chi connectivity index (χ3v) is 2.76. The van der Waals surface area contributed by atoms with E-state index in [1.165, 1.54) is 18.2 Å². The summed E-state index contributed by atoms with van der Waals surface area (Å²) in [6, 6.07) is 8.35. The fourth-order valence-electron chi connectivity index (χ4n) is 1.74. The van der Waals surface area contributed by atoms with Crippen LogP contribution in [0.25, 0.3) is 0 Å². The van der Waals surface area contributed by atoms with Gasteiger partial charge < -0.3 is 5.32 Å². The molecule has 1 aromatic carbocycles. The molecule has 0 radical (unpaired) electrons. The number of halogens is 3. The molecule has 0 aliphatic rings. The highest BCUT2D eigenvalue weighted by molar-refractivity contribution is 6.29. The second kappa shape index (κ2) is 6.31. The number of benzene rings is 1. The van der Waals surface area contributed by atoms with Crippen molar-refractivity contribution in [3.05, 3.63) is 58.2 Å². The van der Waals surface area contributed by atoms with Crippen molar-refractivity contribution in [3.63, 3.8) is 0 Å². The first kappa shape index (κ1) is 14.2. The number of hydrogen-bond acceptors (Lipinski definition) is 3. The van der Waals surface area contributed by atoms with Crippen LogP contribution in [0.4, 0.5) is 14.6 Å². The molecule has 102 valence electrons. The van der Waals surface area contributed by atoms with Crippen molar-refractivity contribution in [1.82, 2.24) is 4.98 Å². The molecule has 1 heterocycles. The fraction of sp³-hybridized carbons (Fsp3) is 0.143. The summed E-state index contributed by atoms with van der Waals surface area (Å²) < 4.78 is 26.0. The fourth-order valence-corrected chi connectivity index (χ4v) is 1.95. The van der Waals surface area contributed by atoms with E-state index in [9.17, 15) is 8.78 Å². The van der Waals surface area contributed by atoms with Crippen LogP contribution in [0.15, 0.2) is 30.3 Å². The molecule has 6 heteroatoms. The van der Waals surface area contributed by atoms with Gasteiger partial charge in [0.1, 0.15) is 22.6 Å². The Labute approximate surface area is 119 Å². The van der Waals surface area contributed by atoms with Crippen molar-refractivity contribution in [2.75, 3.05) is 11.9 Å². The molecule has 0 saturated carbocycles. The lowest BCUT2D eigenvalue weighted by Crippen LogP contribution is -2.07. The van der Waals surface area contributed by atoms with Crippen LogP contribution in [-0.4, -0.2) is 11.5 Å². The van der Waals surface area contributed by atoms with Gasteiger partial charge in [-0.05, 0) is 36.2 Å². The van der Waals surface area contributed by atoms with Crippen molar-refractivity contribution in [2.24, 2.45) is 0 Å². The lowest BCUT2D eigenvalue weighted by Gasteiger charge is -2.07. The summed E-state index contributed by atoms with van der Waals surface area (Å²) in [6.07, 6.45) is 0.421. The van der Waals surface area contributed by atoms with E-state index in [1.54, 1.807) is 6.07 Å². The largest absolute Gasteiger partial charge is 0.370 e. The number of nitrogens with one attached hydrogen (secondary N) is 1. The van der Waals surface area contributed by atoms with Gasteiger partial charge in [0.25, 0.3) is 0 Å². The molecular weight excluding hydrogens is 284 g/mol. The summed E-state index contributed by atoms with van der Waals surface area (Å²) in [5.41, 5.74) is 0.932. The molecule has 2 rings (SSSR count). The zero-order valence-corrected chi connectivity index (χ0v) is 11.1. The average Bonchev–Trinajstić information content (AvgIpc) is 2.37. The third-order valence-electron chi connectivity index (χ3n) is 2.57. The highest BCUT2D eigenvalue weighted by Gasteiger charge is 2.03. The highest BCUT2D eigenvalue weighted by atomic mass is 35.5. The van der Waals surface area contributed by atoms with Gasteiger partial charge >= 0.3 is 0 Å². The van der Waals surface area contributed by atoms with Gasteiger partial charge in [0, 0.05) is 12.6 Å². The van der Waals surface area contributed by atoms with Crippen molar-refractivity contribution in [3.8, 4) is 6.07 Å². The van der Waals surface area contributed by atoms with E-state index in [2.05, 4.69) is 10.3 Å². The van der Waals surface area contributed by atoms with E-state index in [0.717, 1.165) is 6.07 Å². The van der Waals surface area contributed by atoms with Crippen LogP contribution in [0, 0.1) is 23.0 Å². The maximum Gasteiger partial charge on any atom is 0.132 e. The van der Waals surface area contributed by atoms with E-state index in [4.69, 9.17) is 16.9 Å². The number of pyridine rings is 1. The summed E-state index contributed by atoms with van der Waals surface area (Å²) in [5, 5.41) is 12.0. The molecule has 0 atom stereocenters. The first-order valence-electron chi connectivity index (χ1n) is 5.83. The summed E-state index contributed by atoms with van der Waals surface area (Å²) in [4.78, 5) is 4.00. The van der Waals surface area contributed by atoms with Crippen LogP contribution in [0.5, 0.6) is 0 Å². The number of hydrogen-bond donors (Lipinski definition) is 1. The molecule has 0 spiro atoms. The zero-order valence-electron chi connectivity index (χ0n) is 10.3. The summed E-state index contributed by atoms with van der Waals surface area (Å²) in [5.74, 6) is -0.758. The number of anilines is 1. The molecule has 2 aromatic rings. The van der Waals surface area contributed by atoms with E-state index < -0.39 is 11.6 Å². The Morgan fingerprint density at radius 1 is 1.15 bits per heavy atom. The Hall–Kier alpha value is -2.19. The van der Waals surface area contributed by atoms with Crippen LogP contribution >= 0.6 is 11.6 Å². The molecule has 20 heavy (non-hydrogen) atoms. The maximum absolute atomic E-state index is 13.0. The quantitative estimate of drug-likeness (QED) is 0.877. The molecule has 1 aromatic heterocycles. The molecule has 0 unspecified atom stereocenters. The van der Waals surface area contributed by atoms with Gasteiger partial charge in [-0.25, -0.2) is 13.8 Å². The lowest BCUT2D eigenvalue weighted by atomic mass is 10.1. The molecule has 1 N–H and O–H groups in total. The Morgan fingerprint density at radius 3 is 2.50 bits per heavy atom. The van der Waals surface area contributed by atoms with Crippen LogP contribution in [0.3, 0.4) is 0 Å². The second-order valence-electron chi connectivity index (χ2n) is 4.13. The Bertz CT molecular complexity index is 648. The Morgan fingerprint density at radius 2 is 1.85 bits per heavy atom. The SMILES string of the molecule is N#Cc1cc(Cl)nc(NCCc2cc(F)cc(F)c2)c1. The van der Waals surface area contributed by atoms with Gasteiger partial charge in [0.15, 0.2) is 0 Å². The number of rotatable bonds is 4. The molecule has 3 nitrogen and oxygen atoms in total. The normalized spacial score (nSPS) is 10.1. The molecule has 0 aliphatic heterocycles. The summed E-state index contributed by atoms with van der Waals surface area (Å²) in [7, 11) is 0. The van der Waals surface area contributed by atoms with Crippen molar-refractivity contribution < 1.29 is 8.78 Å². The minimum absolute atomic E-state index is 0.211. The van der Waals surface area contributed by atoms with Gasteiger partial charge in [-0.2, -0.15) is 5.26 Å². The van der Waals surface area contributed by atoms with Gasteiger partial charge in [0.05, 0.1) is 11.6 Å². The Kier molecular flexibility index (Phi) is 4.49. The predicted molar refractivity (Wildman–Crippen MR) is 72.5 cm³/mol. The monoisotopic (exact) mass is 293 g/mol. The van der Waals surface area contributed by atoms with E-state index >= 15 is 0 Å². The molecule has 0 aliphatic carbocycles. The summed E-state index contributed by atoms with van der Waals surface area (Å²) in [6.45, 7) is 0.418.